The van der Waals surface area contributed by atoms with Gasteiger partial charge in [0.25, 0.3) is 0 Å². The number of hydrogen-bond acceptors (Lipinski definition) is 8. The first-order valence-electron chi connectivity index (χ1n) is 22.9. The minimum Gasteiger partial charge on any atom is -0.394 e. The number of carbonyl (C=O) groups is 1. The SMILES string of the molecule is CCCCCCCCCC/C=C/[C@@H](O)[C@H](CO[C@@H]1O[C@H](CO)[C@H](O)C(O)C1O)NC(=O)CCCCCCCCCCCCCCCCCCCCCCC. The first-order valence-corrected chi connectivity index (χ1v) is 22.9. The molecule has 1 aliphatic heterocycles. The summed E-state index contributed by atoms with van der Waals surface area (Å²) in [5.41, 5.74) is 0. The smallest absolute Gasteiger partial charge is 0.220 e. The summed E-state index contributed by atoms with van der Waals surface area (Å²) in [7, 11) is 0. The van der Waals surface area contributed by atoms with Crippen LogP contribution in [0.4, 0.5) is 0 Å². The van der Waals surface area contributed by atoms with Crippen molar-refractivity contribution in [2.24, 2.45) is 0 Å². The Hall–Kier alpha value is -1.07. The summed E-state index contributed by atoms with van der Waals surface area (Å²) in [5.74, 6) is -0.175. The van der Waals surface area contributed by atoms with E-state index in [4.69, 9.17) is 9.47 Å². The monoisotopic (exact) mass is 770 g/mol. The van der Waals surface area contributed by atoms with Crippen LogP contribution in [0.15, 0.2) is 12.2 Å². The third kappa shape index (κ3) is 26.7. The van der Waals surface area contributed by atoms with Gasteiger partial charge >= 0.3 is 0 Å². The molecule has 0 bridgehead atoms. The highest BCUT2D eigenvalue weighted by Crippen LogP contribution is 2.23. The van der Waals surface area contributed by atoms with Crippen LogP contribution in [0.25, 0.3) is 0 Å². The fraction of sp³-hybridized carbons (Fsp3) is 0.933. The van der Waals surface area contributed by atoms with Gasteiger partial charge in [0.2, 0.25) is 5.91 Å². The molecular formula is C45H87NO8. The molecule has 0 aromatic heterocycles. The lowest BCUT2D eigenvalue weighted by molar-refractivity contribution is -0.302. The highest BCUT2D eigenvalue weighted by molar-refractivity contribution is 5.76. The zero-order valence-electron chi connectivity index (χ0n) is 35.0. The van der Waals surface area contributed by atoms with Crippen LogP contribution >= 0.6 is 0 Å². The van der Waals surface area contributed by atoms with Gasteiger partial charge < -0.3 is 40.3 Å². The molecule has 1 heterocycles. The van der Waals surface area contributed by atoms with E-state index < -0.39 is 49.5 Å². The Morgan fingerprint density at radius 1 is 0.611 bits per heavy atom. The van der Waals surface area contributed by atoms with Crippen molar-refractivity contribution in [3.63, 3.8) is 0 Å². The molecule has 54 heavy (non-hydrogen) atoms. The number of rotatable bonds is 38. The number of ether oxygens (including phenoxy) is 2. The second-order valence-electron chi connectivity index (χ2n) is 16.2. The summed E-state index contributed by atoms with van der Waals surface area (Å²) in [5, 5.41) is 54.0. The van der Waals surface area contributed by atoms with Crippen molar-refractivity contribution in [1.82, 2.24) is 5.32 Å². The van der Waals surface area contributed by atoms with Crippen LogP contribution in [0.1, 0.15) is 213 Å². The molecule has 7 atom stereocenters. The van der Waals surface area contributed by atoms with Gasteiger partial charge in [0.15, 0.2) is 6.29 Å². The molecule has 9 heteroatoms. The lowest BCUT2D eigenvalue weighted by Gasteiger charge is -2.40. The van der Waals surface area contributed by atoms with Crippen molar-refractivity contribution in [3.8, 4) is 0 Å². The maximum Gasteiger partial charge on any atom is 0.220 e. The Bertz CT molecular complexity index is 858. The Morgan fingerprint density at radius 3 is 1.44 bits per heavy atom. The van der Waals surface area contributed by atoms with Crippen molar-refractivity contribution in [3.05, 3.63) is 12.2 Å². The van der Waals surface area contributed by atoms with E-state index in [1.165, 1.54) is 154 Å². The molecule has 0 aromatic rings. The summed E-state index contributed by atoms with van der Waals surface area (Å²) in [6.45, 7) is 3.76. The first-order chi connectivity index (χ1) is 26.3. The van der Waals surface area contributed by atoms with E-state index in [1.54, 1.807) is 6.08 Å². The fourth-order valence-electron chi connectivity index (χ4n) is 7.39. The predicted octanol–water partition coefficient (Wildman–Crippen LogP) is 9.34. The van der Waals surface area contributed by atoms with E-state index in [1.807, 2.05) is 6.08 Å². The summed E-state index contributed by atoms with van der Waals surface area (Å²) >= 11 is 0. The zero-order chi connectivity index (χ0) is 39.5. The number of aliphatic hydroxyl groups is 5. The van der Waals surface area contributed by atoms with Gasteiger partial charge in [-0.05, 0) is 19.3 Å². The molecule has 0 radical (unpaired) electrons. The number of allylic oxidation sites excluding steroid dienone is 1. The molecule has 9 nitrogen and oxygen atoms in total. The number of unbranched alkanes of at least 4 members (excludes halogenated alkanes) is 28. The molecule has 0 aliphatic carbocycles. The summed E-state index contributed by atoms with van der Waals surface area (Å²) in [6.07, 6.45) is 34.1. The minimum atomic E-state index is -1.56. The number of nitrogens with one attached hydrogen (secondary N) is 1. The van der Waals surface area contributed by atoms with Gasteiger partial charge in [-0.25, -0.2) is 0 Å². The third-order valence-corrected chi connectivity index (χ3v) is 11.1. The second-order valence-corrected chi connectivity index (χ2v) is 16.2. The van der Waals surface area contributed by atoms with Gasteiger partial charge in [-0.1, -0.05) is 199 Å². The highest BCUT2D eigenvalue weighted by atomic mass is 16.7. The number of carbonyl (C=O) groups excluding carboxylic acids is 1. The van der Waals surface area contributed by atoms with Crippen LogP contribution in [0.2, 0.25) is 0 Å². The van der Waals surface area contributed by atoms with Crippen LogP contribution in [-0.4, -0.2) is 87.5 Å². The maximum atomic E-state index is 12.9. The van der Waals surface area contributed by atoms with Gasteiger partial charge in [0.05, 0.1) is 25.4 Å². The average molecular weight is 770 g/mol. The fourth-order valence-corrected chi connectivity index (χ4v) is 7.39. The normalized spacial score (nSPS) is 21.5. The van der Waals surface area contributed by atoms with Crippen LogP contribution < -0.4 is 5.32 Å². The maximum absolute atomic E-state index is 12.9. The van der Waals surface area contributed by atoms with Crippen LogP contribution in [0, 0.1) is 0 Å². The molecule has 1 fully saturated rings. The predicted molar refractivity (Wildman–Crippen MR) is 221 cm³/mol. The quantitative estimate of drug-likeness (QED) is 0.0269. The Morgan fingerprint density at radius 2 is 1.02 bits per heavy atom. The molecule has 1 saturated heterocycles. The summed E-state index contributed by atoms with van der Waals surface area (Å²) in [4.78, 5) is 12.9. The van der Waals surface area contributed by atoms with E-state index in [-0.39, 0.29) is 12.5 Å². The van der Waals surface area contributed by atoms with Gasteiger partial charge in [-0.2, -0.15) is 0 Å². The molecular weight excluding hydrogens is 682 g/mol. The van der Waals surface area contributed by atoms with Crippen molar-refractivity contribution < 1.29 is 39.8 Å². The molecule has 0 aromatic carbocycles. The van der Waals surface area contributed by atoms with E-state index in [0.29, 0.717) is 6.42 Å². The average Bonchev–Trinajstić information content (AvgIpc) is 3.17. The molecule has 320 valence electrons. The van der Waals surface area contributed by atoms with Gasteiger partial charge in [-0.3, -0.25) is 4.79 Å². The van der Waals surface area contributed by atoms with Crippen molar-refractivity contribution in [2.75, 3.05) is 13.2 Å². The standard InChI is InChI=1S/C45H87NO8/c1-3-5-7-9-11-13-15-16-17-18-19-20-21-22-23-24-25-27-29-31-33-35-41(49)46-38(37-53-45-44(52)43(51)42(50)40(36-47)54-45)39(48)34-32-30-28-26-14-12-10-8-6-4-2/h32,34,38-40,42-45,47-48,50-52H,3-31,33,35-37H2,1-2H3,(H,46,49)/b34-32+/t38-,39+,40+,42-,43?,44?,45+/m0/s1. The number of amides is 1. The van der Waals surface area contributed by atoms with Gasteiger partial charge in [0, 0.05) is 6.42 Å². The van der Waals surface area contributed by atoms with Crippen molar-refractivity contribution in [2.45, 2.75) is 256 Å². The molecule has 6 N–H and O–H groups in total. The lowest BCUT2D eigenvalue weighted by atomic mass is 9.99. The summed E-state index contributed by atoms with van der Waals surface area (Å²) < 4.78 is 11.2. The van der Waals surface area contributed by atoms with E-state index in [2.05, 4.69) is 19.2 Å². The van der Waals surface area contributed by atoms with Gasteiger partial charge in [0.1, 0.15) is 24.4 Å². The number of hydrogen-bond donors (Lipinski definition) is 6. The number of aliphatic hydroxyl groups excluding tert-OH is 5. The Kier molecular flexibility index (Phi) is 34.2. The van der Waals surface area contributed by atoms with Crippen LogP contribution in [-0.2, 0) is 14.3 Å². The largest absolute Gasteiger partial charge is 0.394 e. The minimum absolute atomic E-state index is 0.175. The van der Waals surface area contributed by atoms with Crippen molar-refractivity contribution >= 4 is 5.91 Å². The van der Waals surface area contributed by atoms with Crippen LogP contribution in [0.5, 0.6) is 0 Å². The molecule has 0 saturated carbocycles. The van der Waals surface area contributed by atoms with E-state index in [0.717, 1.165) is 38.5 Å². The molecule has 1 aliphatic rings. The first kappa shape index (κ1) is 50.9. The topological polar surface area (TPSA) is 149 Å². The zero-order valence-corrected chi connectivity index (χ0v) is 35.0. The van der Waals surface area contributed by atoms with Crippen LogP contribution in [0.3, 0.4) is 0 Å². The van der Waals surface area contributed by atoms with E-state index >= 15 is 0 Å². The Labute approximate surface area is 331 Å². The molecule has 1 rings (SSSR count). The second kappa shape index (κ2) is 36.3. The van der Waals surface area contributed by atoms with Gasteiger partial charge in [-0.15, -0.1) is 0 Å². The third-order valence-electron chi connectivity index (χ3n) is 11.1. The van der Waals surface area contributed by atoms with E-state index in [9.17, 15) is 30.3 Å². The molecule has 1 amide bonds. The summed E-state index contributed by atoms with van der Waals surface area (Å²) in [6, 6.07) is -0.797. The lowest BCUT2D eigenvalue weighted by Crippen LogP contribution is -2.60. The molecule has 0 spiro atoms. The van der Waals surface area contributed by atoms with Crippen molar-refractivity contribution in [1.29, 1.82) is 0 Å². The molecule has 2 unspecified atom stereocenters. The Balaban J connectivity index is 2.26. The highest BCUT2D eigenvalue weighted by Gasteiger charge is 2.44.